The molecule has 2 heteroatoms. The molecule has 0 aromatic heterocycles. The number of benzene rings is 2. The van der Waals surface area contributed by atoms with Crippen LogP contribution in [0.25, 0.3) is 0 Å². The highest BCUT2D eigenvalue weighted by Crippen LogP contribution is 2.27. The van der Waals surface area contributed by atoms with Crippen LogP contribution in [0.5, 0.6) is 5.75 Å². The summed E-state index contributed by atoms with van der Waals surface area (Å²) < 4.78 is 0. The summed E-state index contributed by atoms with van der Waals surface area (Å²) in [6.07, 6.45) is 5.09. The van der Waals surface area contributed by atoms with Crippen LogP contribution in [0.2, 0.25) is 0 Å². The van der Waals surface area contributed by atoms with Crippen molar-refractivity contribution >= 4 is 5.69 Å². The number of hydrogen-bond donors (Lipinski definition) is 2. The molecule has 1 unspecified atom stereocenters. The van der Waals surface area contributed by atoms with Gasteiger partial charge in [0.15, 0.2) is 0 Å². The Balaban J connectivity index is 1.78. The number of nitrogens with one attached hydrogen (secondary N) is 1. The lowest BCUT2D eigenvalue weighted by molar-refractivity contribution is 0.471. The van der Waals surface area contributed by atoms with Gasteiger partial charge < -0.3 is 10.4 Å². The fourth-order valence-corrected chi connectivity index (χ4v) is 3.10. The Labute approximate surface area is 126 Å². The minimum atomic E-state index is 0.265. The van der Waals surface area contributed by atoms with E-state index in [9.17, 15) is 5.11 Å². The molecule has 2 nitrogen and oxygen atoms in total. The lowest BCUT2D eigenvalue weighted by Crippen LogP contribution is -2.09. The molecule has 2 aromatic carbocycles. The van der Waals surface area contributed by atoms with Crippen molar-refractivity contribution in [3.8, 4) is 5.75 Å². The first-order valence-electron chi connectivity index (χ1n) is 7.81. The summed E-state index contributed by atoms with van der Waals surface area (Å²) in [5.74, 6) is 0.349. The number of rotatable bonds is 3. The maximum Gasteiger partial charge on any atom is 0.118 e. The largest absolute Gasteiger partial charge is 0.508 e. The number of aromatic hydroxyl groups is 1. The van der Waals surface area contributed by atoms with E-state index in [1.807, 2.05) is 19.1 Å². The van der Waals surface area contributed by atoms with Gasteiger partial charge in [-0.05, 0) is 80.0 Å². The van der Waals surface area contributed by atoms with E-state index in [1.54, 1.807) is 6.07 Å². The predicted octanol–water partition coefficient (Wildman–Crippen LogP) is 4.75. The van der Waals surface area contributed by atoms with Crippen LogP contribution in [0.3, 0.4) is 0 Å². The molecular formula is C19H23NO. The van der Waals surface area contributed by atoms with Crippen molar-refractivity contribution in [3.05, 3.63) is 58.7 Å². The number of fused-ring (bicyclic) bond motifs is 1. The lowest BCUT2D eigenvalue weighted by atomic mass is 9.89. The number of phenols is 1. The Morgan fingerprint density at radius 2 is 1.76 bits per heavy atom. The Morgan fingerprint density at radius 1 is 1.00 bits per heavy atom. The lowest BCUT2D eigenvalue weighted by Gasteiger charge is -2.21. The minimum absolute atomic E-state index is 0.265. The zero-order valence-corrected chi connectivity index (χ0v) is 12.8. The number of hydrogen-bond acceptors (Lipinski definition) is 2. The highest BCUT2D eigenvalue weighted by molar-refractivity contribution is 5.52. The van der Waals surface area contributed by atoms with Crippen LogP contribution in [0.1, 0.15) is 48.1 Å². The molecule has 1 aliphatic carbocycles. The Morgan fingerprint density at radius 3 is 2.52 bits per heavy atom. The molecule has 0 amide bonds. The molecule has 0 saturated carbocycles. The molecule has 110 valence electrons. The summed E-state index contributed by atoms with van der Waals surface area (Å²) in [5, 5.41) is 13.1. The maximum atomic E-state index is 9.60. The van der Waals surface area contributed by atoms with E-state index in [2.05, 4.69) is 30.4 Å². The van der Waals surface area contributed by atoms with E-state index < -0.39 is 0 Å². The normalized spacial score (nSPS) is 15.3. The fraction of sp³-hybridized carbons (Fsp3) is 0.368. The topological polar surface area (TPSA) is 32.3 Å². The van der Waals surface area contributed by atoms with Crippen molar-refractivity contribution in [1.29, 1.82) is 0 Å². The van der Waals surface area contributed by atoms with E-state index in [1.165, 1.54) is 42.4 Å². The average Bonchev–Trinajstić information content (AvgIpc) is 2.50. The summed E-state index contributed by atoms with van der Waals surface area (Å²) in [6.45, 7) is 4.11. The summed E-state index contributed by atoms with van der Waals surface area (Å²) in [5.41, 5.74) is 6.33. The standard InChI is InChI=1S/C19H23NO/c1-13-11-18(9-10-19(13)21)20-14(2)16-8-7-15-5-3-4-6-17(15)12-16/h7-12,14,20-21H,3-6H2,1-2H3. The van der Waals surface area contributed by atoms with E-state index in [0.29, 0.717) is 5.75 Å². The van der Waals surface area contributed by atoms with Crippen LogP contribution in [0.4, 0.5) is 5.69 Å². The molecule has 2 aromatic rings. The Bertz CT molecular complexity index is 648. The van der Waals surface area contributed by atoms with Crippen molar-refractivity contribution in [1.82, 2.24) is 0 Å². The monoisotopic (exact) mass is 281 g/mol. The van der Waals surface area contributed by atoms with Gasteiger partial charge in [0, 0.05) is 11.7 Å². The van der Waals surface area contributed by atoms with Gasteiger partial charge in [-0.3, -0.25) is 0 Å². The molecule has 0 fully saturated rings. The molecule has 0 heterocycles. The van der Waals surface area contributed by atoms with Gasteiger partial charge in [0.05, 0.1) is 0 Å². The zero-order chi connectivity index (χ0) is 14.8. The molecule has 3 rings (SSSR count). The molecule has 0 radical (unpaired) electrons. The van der Waals surface area contributed by atoms with E-state index >= 15 is 0 Å². The van der Waals surface area contributed by atoms with Crippen molar-refractivity contribution in [3.63, 3.8) is 0 Å². The van der Waals surface area contributed by atoms with Crippen molar-refractivity contribution < 1.29 is 5.11 Å². The SMILES string of the molecule is Cc1cc(NC(C)c2ccc3c(c2)CCCC3)ccc1O. The first-order valence-corrected chi connectivity index (χ1v) is 7.81. The van der Waals surface area contributed by atoms with E-state index in [-0.39, 0.29) is 6.04 Å². The molecule has 21 heavy (non-hydrogen) atoms. The molecule has 0 aliphatic heterocycles. The number of aryl methyl sites for hydroxylation is 3. The first-order chi connectivity index (χ1) is 10.1. The molecule has 1 aliphatic rings. The van der Waals surface area contributed by atoms with Gasteiger partial charge in [-0.2, -0.15) is 0 Å². The third kappa shape index (κ3) is 3.05. The van der Waals surface area contributed by atoms with Crippen LogP contribution >= 0.6 is 0 Å². The average molecular weight is 281 g/mol. The van der Waals surface area contributed by atoms with Crippen molar-refractivity contribution in [2.75, 3.05) is 5.32 Å². The van der Waals surface area contributed by atoms with Crippen LogP contribution in [0, 0.1) is 6.92 Å². The fourth-order valence-electron chi connectivity index (χ4n) is 3.10. The van der Waals surface area contributed by atoms with Gasteiger partial charge in [0.25, 0.3) is 0 Å². The third-order valence-corrected chi connectivity index (χ3v) is 4.45. The van der Waals surface area contributed by atoms with Crippen LogP contribution in [0.15, 0.2) is 36.4 Å². The smallest absolute Gasteiger partial charge is 0.118 e. The third-order valence-electron chi connectivity index (χ3n) is 4.45. The minimum Gasteiger partial charge on any atom is -0.508 e. The highest BCUT2D eigenvalue weighted by Gasteiger charge is 2.12. The quantitative estimate of drug-likeness (QED) is 0.795. The van der Waals surface area contributed by atoms with Gasteiger partial charge in [-0.15, -0.1) is 0 Å². The number of phenolic OH excluding ortho intramolecular Hbond substituents is 1. The summed E-state index contributed by atoms with van der Waals surface area (Å²) >= 11 is 0. The Hall–Kier alpha value is -1.96. The van der Waals surface area contributed by atoms with Gasteiger partial charge in [0.2, 0.25) is 0 Å². The number of anilines is 1. The maximum absolute atomic E-state index is 9.60. The van der Waals surface area contributed by atoms with E-state index in [4.69, 9.17) is 0 Å². The molecule has 0 saturated heterocycles. The first kappa shape index (κ1) is 14.0. The molecule has 1 atom stereocenters. The van der Waals surface area contributed by atoms with Crippen LogP contribution in [-0.4, -0.2) is 5.11 Å². The van der Waals surface area contributed by atoms with Crippen molar-refractivity contribution in [2.24, 2.45) is 0 Å². The van der Waals surface area contributed by atoms with Crippen molar-refractivity contribution in [2.45, 2.75) is 45.6 Å². The molecule has 0 spiro atoms. The molecular weight excluding hydrogens is 258 g/mol. The molecule has 2 N–H and O–H groups in total. The zero-order valence-electron chi connectivity index (χ0n) is 12.8. The van der Waals surface area contributed by atoms with Gasteiger partial charge in [-0.25, -0.2) is 0 Å². The van der Waals surface area contributed by atoms with Crippen LogP contribution < -0.4 is 5.32 Å². The highest BCUT2D eigenvalue weighted by atomic mass is 16.3. The summed E-state index contributed by atoms with van der Waals surface area (Å²) in [6, 6.07) is 12.8. The second-order valence-corrected chi connectivity index (χ2v) is 6.10. The van der Waals surface area contributed by atoms with Gasteiger partial charge >= 0.3 is 0 Å². The second-order valence-electron chi connectivity index (χ2n) is 6.10. The second kappa shape index (κ2) is 5.80. The van der Waals surface area contributed by atoms with E-state index in [0.717, 1.165) is 11.3 Å². The Kier molecular flexibility index (Phi) is 3.87. The molecule has 0 bridgehead atoms. The summed E-state index contributed by atoms with van der Waals surface area (Å²) in [4.78, 5) is 0. The predicted molar refractivity (Wildman–Crippen MR) is 88.0 cm³/mol. The van der Waals surface area contributed by atoms with Gasteiger partial charge in [0.1, 0.15) is 5.75 Å². The van der Waals surface area contributed by atoms with Crippen LogP contribution in [-0.2, 0) is 12.8 Å². The summed E-state index contributed by atoms with van der Waals surface area (Å²) in [7, 11) is 0. The van der Waals surface area contributed by atoms with Gasteiger partial charge in [-0.1, -0.05) is 18.2 Å².